The van der Waals surface area contributed by atoms with Crippen molar-refractivity contribution in [3.63, 3.8) is 0 Å². The van der Waals surface area contributed by atoms with E-state index in [0.717, 1.165) is 0 Å². The van der Waals surface area contributed by atoms with Crippen LogP contribution in [-0.2, 0) is 85.8 Å². The largest absolute Gasteiger partial charge is 0.504 e. The van der Waals surface area contributed by atoms with Gasteiger partial charge in [-0.05, 0) is 150 Å². The van der Waals surface area contributed by atoms with Crippen LogP contribution in [0.5, 0.6) is 57.5 Å². The number of carbonyl (C=O) groups is 15. The van der Waals surface area contributed by atoms with E-state index in [2.05, 4.69) is 63.8 Å². The van der Waals surface area contributed by atoms with E-state index in [1.54, 1.807) is 87.8 Å². The Morgan fingerprint density at radius 3 is 0.791 bits per heavy atom. The van der Waals surface area contributed by atoms with Gasteiger partial charge in [0, 0.05) is 80.2 Å². The Morgan fingerprint density at radius 1 is 0.302 bits per heavy atom. The number of nitrogens with zero attached hydrogens (tertiary/aromatic N) is 6. The van der Waals surface area contributed by atoms with Gasteiger partial charge >= 0.3 is 47.8 Å². The molecule has 7 rings (SSSR count). The molecule has 0 aliphatic carbocycles. The lowest BCUT2D eigenvalue weighted by atomic mass is 10.1. The SMILES string of the molecule is CN(C)CC(=O)c1ccc(O)c(O)c1.CNCC(=O)c1ccc(OCC(=O)OC)c(OCC(=O)OC)c1.COC(=O)COc1ccc(C(=O)CN(C)C(=O)CCNc2ccccn2)cc1OCC(=O)OC.COC(=O)COc1ccc(C(=O)CN(C)C(=O)CCNc2ccccn2)cc1OCC(=O)OC.COC(=O)COc1ccc(C(=O)CN(C)C)cc1OCC(=O)OC. The number of amides is 2. The predicted octanol–water partition coefficient (Wildman–Crippen LogP) is 4.23. The van der Waals surface area contributed by atoms with E-state index in [9.17, 15) is 71.9 Å². The number of pyridine rings is 2. The monoisotopic (exact) mass is 1810 g/mol. The van der Waals surface area contributed by atoms with Gasteiger partial charge in [0.05, 0.1) is 89.6 Å². The number of ether oxygens (including phenoxy) is 16. The van der Waals surface area contributed by atoms with E-state index >= 15 is 0 Å². The van der Waals surface area contributed by atoms with E-state index in [1.807, 2.05) is 12.1 Å². The molecule has 0 bridgehead atoms. The van der Waals surface area contributed by atoms with Gasteiger partial charge in [-0.1, -0.05) is 12.1 Å². The van der Waals surface area contributed by atoms with Crippen LogP contribution in [0, 0.1) is 0 Å². The molecule has 2 heterocycles. The molecule has 0 saturated heterocycles. The summed E-state index contributed by atoms with van der Waals surface area (Å²) in [5.41, 5.74) is 1.64. The fraction of sp³-hybridized carbons (Fsp3) is 0.368. The van der Waals surface area contributed by atoms with Crippen LogP contribution in [0.2, 0.25) is 0 Å². The van der Waals surface area contributed by atoms with E-state index in [-0.39, 0.29) is 195 Å². The fourth-order valence-corrected chi connectivity index (χ4v) is 9.64. The maximum absolute atomic E-state index is 12.7. The molecular formula is C87H107N9O33. The molecule has 42 nitrogen and oxygen atoms in total. The molecule has 0 radical (unpaired) electrons. The number of phenolic OH excluding ortho intramolecular Hbond substituents is 2. The van der Waals surface area contributed by atoms with Crippen molar-refractivity contribution >= 4 is 100 Å². The topological polar surface area (TPSA) is 519 Å². The van der Waals surface area contributed by atoms with Crippen molar-refractivity contribution in [2.24, 2.45) is 0 Å². The van der Waals surface area contributed by atoms with Gasteiger partial charge in [0.15, 0.2) is 139 Å². The minimum absolute atomic E-state index is 0.0636. The summed E-state index contributed by atoms with van der Waals surface area (Å²) < 4.78 is 78.8. The number of nitrogens with one attached hydrogen (secondary N) is 3. The maximum Gasteiger partial charge on any atom is 0.343 e. The summed E-state index contributed by atoms with van der Waals surface area (Å²) >= 11 is 0. The van der Waals surface area contributed by atoms with Gasteiger partial charge in [0.1, 0.15) is 11.6 Å². The van der Waals surface area contributed by atoms with Crippen molar-refractivity contribution in [1.29, 1.82) is 0 Å². The van der Waals surface area contributed by atoms with E-state index < -0.39 is 61.0 Å². The lowest BCUT2D eigenvalue weighted by Crippen LogP contribution is -2.33. The van der Waals surface area contributed by atoms with Crippen LogP contribution in [-0.4, -0.2) is 333 Å². The van der Waals surface area contributed by atoms with Gasteiger partial charge in [-0.15, -0.1) is 0 Å². The second-order valence-electron chi connectivity index (χ2n) is 26.7. The highest BCUT2D eigenvalue weighted by atomic mass is 16.6. The Kier molecular flexibility index (Phi) is 50.0. The van der Waals surface area contributed by atoms with Crippen LogP contribution in [0.3, 0.4) is 0 Å². The van der Waals surface area contributed by atoms with Gasteiger partial charge in [0.2, 0.25) is 11.8 Å². The molecule has 42 heteroatoms. The zero-order valence-corrected chi connectivity index (χ0v) is 74.0. The first-order valence-corrected chi connectivity index (χ1v) is 38.6. The number of phenols is 2. The number of methoxy groups -OCH3 is 8. The molecule has 0 aliphatic heterocycles. The Labute approximate surface area is 743 Å². The first-order valence-electron chi connectivity index (χ1n) is 38.6. The molecule has 0 spiro atoms. The van der Waals surface area contributed by atoms with Crippen LogP contribution in [0.25, 0.3) is 0 Å². The number of rotatable bonds is 47. The zero-order chi connectivity index (χ0) is 95.9. The number of esters is 8. The number of likely N-dealkylation sites (N-methyl/N-ethyl adjacent to an activating group) is 5. The molecule has 0 atom stereocenters. The van der Waals surface area contributed by atoms with Gasteiger partial charge in [-0.3, -0.25) is 33.6 Å². The summed E-state index contributed by atoms with van der Waals surface area (Å²) in [4.78, 5) is 190. The number of aromatic hydroxyl groups is 2. The second-order valence-corrected chi connectivity index (χ2v) is 26.7. The predicted molar refractivity (Wildman–Crippen MR) is 458 cm³/mol. The average Bonchev–Trinajstić information content (AvgIpc) is 0.863. The number of carbonyl (C=O) groups excluding carboxylic acids is 15. The molecule has 698 valence electrons. The first kappa shape index (κ1) is 108. The molecule has 5 N–H and O–H groups in total. The third-order valence-electron chi connectivity index (χ3n) is 16.4. The number of ketones is 5. The maximum atomic E-state index is 12.7. The quantitative estimate of drug-likeness (QED) is 0.0154. The minimum atomic E-state index is -0.639. The molecule has 2 amide bonds. The summed E-state index contributed by atoms with van der Waals surface area (Å²) in [6.07, 6.45) is 3.63. The van der Waals surface area contributed by atoms with Crippen molar-refractivity contribution in [1.82, 2.24) is 34.9 Å². The first-order chi connectivity index (χ1) is 61.5. The van der Waals surface area contributed by atoms with E-state index in [0.29, 0.717) is 41.4 Å². The molecule has 129 heavy (non-hydrogen) atoms. The summed E-state index contributed by atoms with van der Waals surface area (Å²) in [6.45, 7) is -1.92. The fourth-order valence-electron chi connectivity index (χ4n) is 9.64. The Morgan fingerprint density at radius 2 is 0.550 bits per heavy atom. The number of anilines is 2. The Hall–Kier alpha value is -15.1. The summed E-state index contributed by atoms with van der Waals surface area (Å²) in [5.74, 6) is -4.38. The van der Waals surface area contributed by atoms with E-state index in [4.69, 9.17) is 48.1 Å². The van der Waals surface area contributed by atoms with Crippen LogP contribution in [0.4, 0.5) is 11.6 Å². The van der Waals surface area contributed by atoms with Crippen LogP contribution < -0.4 is 53.8 Å². The van der Waals surface area contributed by atoms with Crippen molar-refractivity contribution < 1.29 is 158 Å². The average molecular weight is 1810 g/mol. The smallest absolute Gasteiger partial charge is 0.343 e. The third-order valence-corrected chi connectivity index (χ3v) is 16.4. The summed E-state index contributed by atoms with van der Waals surface area (Å²) in [5, 5.41) is 27.0. The molecular weight excluding hydrogens is 1700 g/mol. The summed E-state index contributed by atoms with van der Waals surface area (Å²) in [6, 6.07) is 32.4. The molecule has 0 aliphatic rings. The standard InChI is InChI=1S/2C23H27N3O8.C16H21NO7.C15H19NO7.C10H13NO3/c2*1-26(21(28)9-11-25-20-6-4-5-10-24-20)13-17(27)16-7-8-18(33-14-22(29)31-2)19(12-16)34-15-23(30)32-3;1-17(2)8-12(18)11-5-6-13(23-9-15(19)21-3)14(7-11)24-10-16(20)22-4;1-16-7-11(17)10-4-5-12(22-8-14(18)20-2)13(6-10)23-9-15(19)21-3;1-11(2)6-10(14)7-3-4-8(12)9(13)5-7/h2*4-8,10,12H,9,11,13-15H2,1-3H3,(H,24,25);5-7H,8-10H2,1-4H3;4-6,16H,7-9H2,1-3H3;3-5,12-13H,6H2,1-2H3. The van der Waals surface area contributed by atoms with Gasteiger partial charge in [0.25, 0.3) is 0 Å². The molecule has 0 saturated carbocycles. The molecule has 0 unspecified atom stereocenters. The Bertz CT molecular complexity index is 4700. The highest BCUT2D eigenvalue weighted by Crippen LogP contribution is 2.33. The number of Topliss-reactive ketones (excluding diaryl/α,β-unsaturated/α-hetero) is 5. The van der Waals surface area contributed by atoms with Crippen molar-refractivity contribution in [3.05, 3.63) is 168 Å². The third kappa shape index (κ3) is 42.5. The number of aromatic nitrogens is 2. The number of benzene rings is 5. The molecule has 2 aromatic heterocycles. The highest BCUT2D eigenvalue weighted by molar-refractivity contribution is 6.02. The minimum Gasteiger partial charge on any atom is -0.504 e. The molecule has 0 fully saturated rings. The highest BCUT2D eigenvalue weighted by Gasteiger charge is 2.23. The van der Waals surface area contributed by atoms with Crippen molar-refractivity contribution in [3.8, 4) is 57.5 Å². The van der Waals surface area contributed by atoms with Crippen LogP contribution in [0.15, 0.2) is 140 Å². The van der Waals surface area contributed by atoms with Crippen LogP contribution >= 0.6 is 0 Å². The number of hydrogen-bond donors (Lipinski definition) is 5. The Balaban J connectivity index is 0.000000427. The number of hydrogen-bond acceptors (Lipinski definition) is 40. The van der Waals surface area contributed by atoms with Gasteiger partial charge in [-0.25, -0.2) is 48.3 Å². The van der Waals surface area contributed by atoms with Crippen LogP contribution in [0.1, 0.15) is 64.6 Å². The lowest BCUT2D eigenvalue weighted by molar-refractivity contribution is -0.144. The normalized spacial score (nSPS) is 10.1. The van der Waals surface area contributed by atoms with Crippen molar-refractivity contribution in [2.75, 3.05) is 216 Å². The second kappa shape index (κ2) is 59.7. The molecule has 5 aromatic carbocycles. The van der Waals surface area contributed by atoms with Gasteiger partial charge in [-0.2, -0.15) is 0 Å². The zero-order valence-electron chi connectivity index (χ0n) is 74.0. The lowest BCUT2D eigenvalue weighted by Gasteiger charge is -2.17. The van der Waals surface area contributed by atoms with Crippen molar-refractivity contribution in [2.45, 2.75) is 12.8 Å². The summed E-state index contributed by atoms with van der Waals surface area (Å²) in [7, 11) is 21.6. The molecule has 7 aromatic rings. The van der Waals surface area contributed by atoms with Gasteiger partial charge < -0.3 is 122 Å². The van der Waals surface area contributed by atoms with E-state index in [1.165, 1.54) is 166 Å².